The monoisotopic (exact) mass is 405 g/mol. The van der Waals surface area contributed by atoms with Crippen LogP contribution >= 0.6 is 31.9 Å². The fraction of sp³-hybridized carbons (Fsp3) is 0. The number of amides is 1. The number of anilines is 1. The summed E-state index contributed by atoms with van der Waals surface area (Å²) < 4.78 is 27.2. The van der Waals surface area contributed by atoms with Crippen molar-refractivity contribution in [1.82, 2.24) is 0 Å². The normalized spacial score (nSPS) is 10.4. The van der Waals surface area contributed by atoms with Gasteiger partial charge in [0.25, 0.3) is 5.91 Å². The molecule has 20 heavy (non-hydrogen) atoms. The van der Waals surface area contributed by atoms with Gasteiger partial charge in [-0.3, -0.25) is 4.79 Å². The summed E-state index contributed by atoms with van der Waals surface area (Å²) in [6, 6.07) is 5.96. The average molecular weight is 407 g/mol. The minimum atomic E-state index is -0.915. The highest BCUT2D eigenvalue weighted by Crippen LogP contribution is 2.29. The number of hydrogen-bond donors (Lipinski definition) is 2. The Labute approximate surface area is 129 Å². The SMILES string of the molecule is O=C(Nc1c(F)cc(F)cc1Br)c1ccc(Br)cc1O. The Morgan fingerprint density at radius 2 is 1.85 bits per heavy atom. The van der Waals surface area contributed by atoms with E-state index in [1.807, 2.05) is 0 Å². The van der Waals surface area contributed by atoms with E-state index in [2.05, 4.69) is 37.2 Å². The maximum absolute atomic E-state index is 13.6. The number of phenols is 1. The van der Waals surface area contributed by atoms with Crippen LogP contribution in [0.25, 0.3) is 0 Å². The third-order valence-electron chi connectivity index (χ3n) is 2.45. The molecular weight excluding hydrogens is 400 g/mol. The molecule has 2 aromatic carbocycles. The van der Waals surface area contributed by atoms with Crippen LogP contribution in [0.2, 0.25) is 0 Å². The van der Waals surface area contributed by atoms with Crippen LogP contribution in [0.1, 0.15) is 10.4 Å². The summed E-state index contributed by atoms with van der Waals surface area (Å²) in [7, 11) is 0. The number of aromatic hydroxyl groups is 1. The highest BCUT2D eigenvalue weighted by atomic mass is 79.9. The summed E-state index contributed by atoms with van der Waals surface area (Å²) in [6.45, 7) is 0. The molecule has 3 nitrogen and oxygen atoms in total. The van der Waals surface area contributed by atoms with Gasteiger partial charge in [0.15, 0.2) is 5.82 Å². The largest absolute Gasteiger partial charge is 0.507 e. The van der Waals surface area contributed by atoms with E-state index >= 15 is 0 Å². The third kappa shape index (κ3) is 3.16. The molecule has 0 radical (unpaired) electrons. The minimum Gasteiger partial charge on any atom is -0.507 e. The smallest absolute Gasteiger partial charge is 0.259 e. The van der Waals surface area contributed by atoms with Gasteiger partial charge in [-0.15, -0.1) is 0 Å². The van der Waals surface area contributed by atoms with Gasteiger partial charge in [0.1, 0.15) is 11.6 Å². The van der Waals surface area contributed by atoms with Crippen LogP contribution in [0, 0.1) is 11.6 Å². The van der Waals surface area contributed by atoms with E-state index < -0.39 is 17.5 Å². The Morgan fingerprint density at radius 1 is 1.15 bits per heavy atom. The first-order valence-electron chi connectivity index (χ1n) is 5.33. The molecule has 0 saturated carbocycles. The van der Waals surface area contributed by atoms with Gasteiger partial charge < -0.3 is 10.4 Å². The highest BCUT2D eigenvalue weighted by molar-refractivity contribution is 9.10. The summed E-state index contributed by atoms with van der Waals surface area (Å²) >= 11 is 6.11. The van der Waals surface area contributed by atoms with Crippen LogP contribution in [0.15, 0.2) is 39.3 Å². The molecule has 2 aromatic rings. The van der Waals surface area contributed by atoms with Crippen molar-refractivity contribution in [2.24, 2.45) is 0 Å². The van der Waals surface area contributed by atoms with Crippen LogP contribution < -0.4 is 5.32 Å². The molecule has 2 N–H and O–H groups in total. The van der Waals surface area contributed by atoms with Crippen molar-refractivity contribution >= 4 is 43.5 Å². The van der Waals surface area contributed by atoms with Gasteiger partial charge in [-0.05, 0) is 40.2 Å². The molecule has 0 bridgehead atoms. The number of hydrogen-bond acceptors (Lipinski definition) is 2. The number of carbonyl (C=O) groups is 1. The first kappa shape index (κ1) is 14.9. The zero-order chi connectivity index (χ0) is 14.9. The van der Waals surface area contributed by atoms with E-state index in [9.17, 15) is 18.7 Å². The standard InChI is InChI=1S/C13H7Br2F2NO2/c14-6-1-2-8(11(19)3-6)13(20)18-12-9(15)4-7(16)5-10(12)17/h1-5,19H,(H,18,20). The molecular formula is C13H7Br2F2NO2. The van der Waals surface area contributed by atoms with Crippen molar-refractivity contribution in [1.29, 1.82) is 0 Å². The van der Waals surface area contributed by atoms with Crippen molar-refractivity contribution in [3.05, 3.63) is 56.5 Å². The molecule has 2 rings (SSSR count). The Balaban J connectivity index is 2.33. The fourth-order valence-corrected chi connectivity index (χ4v) is 2.40. The van der Waals surface area contributed by atoms with Crippen molar-refractivity contribution in [2.45, 2.75) is 0 Å². The molecule has 0 saturated heterocycles. The maximum Gasteiger partial charge on any atom is 0.259 e. The Bertz CT molecular complexity index is 669. The molecule has 0 heterocycles. The van der Waals surface area contributed by atoms with Crippen LogP contribution in [0.3, 0.4) is 0 Å². The Hall–Kier alpha value is -1.47. The average Bonchev–Trinajstić information content (AvgIpc) is 2.33. The molecule has 0 aliphatic heterocycles. The van der Waals surface area contributed by atoms with Crippen molar-refractivity contribution in [3.8, 4) is 5.75 Å². The number of nitrogens with one attached hydrogen (secondary N) is 1. The van der Waals surface area contributed by atoms with E-state index in [-0.39, 0.29) is 21.5 Å². The van der Waals surface area contributed by atoms with Crippen molar-refractivity contribution < 1.29 is 18.7 Å². The second kappa shape index (κ2) is 5.88. The van der Waals surface area contributed by atoms with Gasteiger partial charge in [0.2, 0.25) is 0 Å². The molecule has 104 valence electrons. The van der Waals surface area contributed by atoms with E-state index in [0.29, 0.717) is 10.5 Å². The van der Waals surface area contributed by atoms with Crippen LogP contribution in [-0.4, -0.2) is 11.0 Å². The predicted molar refractivity (Wildman–Crippen MR) is 77.8 cm³/mol. The number of rotatable bonds is 2. The number of benzene rings is 2. The Morgan fingerprint density at radius 3 is 2.45 bits per heavy atom. The molecule has 0 fully saturated rings. The number of phenolic OH excluding ortho intramolecular Hbond substituents is 1. The van der Waals surface area contributed by atoms with Crippen molar-refractivity contribution in [2.75, 3.05) is 5.32 Å². The highest BCUT2D eigenvalue weighted by Gasteiger charge is 2.16. The summed E-state index contributed by atoms with van der Waals surface area (Å²) in [5, 5.41) is 11.9. The minimum absolute atomic E-state index is 0.0242. The first-order valence-corrected chi connectivity index (χ1v) is 6.91. The summed E-state index contributed by atoms with van der Waals surface area (Å²) in [5.41, 5.74) is -0.220. The number of halogens is 4. The molecule has 0 spiro atoms. The molecule has 0 aliphatic rings. The van der Waals surface area contributed by atoms with Crippen LogP contribution in [0.5, 0.6) is 5.75 Å². The maximum atomic E-state index is 13.6. The second-order valence-electron chi connectivity index (χ2n) is 3.86. The second-order valence-corrected chi connectivity index (χ2v) is 5.63. The van der Waals surface area contributed by atoms with Crippen LogP contribution in [-0.2, 0) is 0 Å². The number of carbonyl (C=O) groups excluding carboxylic acids is 1. The van der Waals surface area contributed by atoms with Gasteiger partial charge in [-0.25, -0.2) is 8.78 Å². The predicted octanol–water partition coefficient (Wildman–Crippen LogP) is 4.45. The quantitative estimate of drug-likeness (QED) is 0.774. The lowest BCUT2D eigenvalue weighted by molar-refractivity contribution is 0.102. The third-order valence-corrected chi connectivity index (χ3v) is 3.57. The first-order chi connectivity index (χ1) is 9.38. The molecule has 0 atom stereocenters. The van der Waals surface area contributed by atoms with E-state index in [1.54, 1.807) is 6.07 Å². The fourth-order valence-electron chi connectivity index (χ4n) is 1.54. The summed E-state index contributed by atoms with van der Waals surface area (Å²) in [5.74, 6) is -2.64. The van der Waals surface area contributed by atoms with E-state index in [0.717, 1.165) is 6.07 Å². The van der Waals surface area contributed by atoms with Gasteiger partial charge in [-0.2, -0.15) is 0 Å². The van der Waals surface area contributed by atoms with E-state index in [4.69, 9.17) is 0 Å². The van der Waals surface area contributed by atoms with Gasteiger partial charge in [0, 0.05) is 15.0 Å². The summed E-state index contributed by atoms with van der Waals surface area (Å²) in [4.78, 5) is 12.0. The molecule has 0 aromatic heterocycles. The van der Waals surface area contributed by atoms with Crippen LogP contribution in [0.4, 0.5) is 14.5 Å². The molecule has 0 unspecified atom stereocenters. The molecule has 1 amide bonds. The zero-order valence-electron chi connectivity index (χ0n) is 9.75. The van der Waals surface area contributed by atoms with Gasteiger partial charge in [-0.1, -0.05) is 15.9 Å². The lowest BCUT2D eigenvalue weighted by atomic mass is 10.2. The lowest BCUT2D eigenvalue weighted by Crippen LogP contribution is -2.14. The molecule has 7 heteroatoms. The van der Waals surface area contributed by atoms with Gasteiger partial charge in [0.05, 0.1) is 11.3 Å². The van der Waals surface area contributed by atoms with Crippen molar-refractivity contribution in [3.63, 3.8) is 0 Å². The zero-order valence-corrected chi connectivity index (χ0v) is 12.9. The molecule has 0 aliphatic carbocycles. The lowest BCUT2D eigenvalue weighted by Gasteiger charge is -2.10. The summed E-state index contributed by atoms with van der Waals surface area (Å²) in [6.07, 6.45) is 0. The van der Waals surface area contributed by atoms with E-state index in [1.165, 1.54) is 12.1 Å². The van der Waals surface area contributed by atoms with Gasteiger partial charge >= 0.3 is 0 Å². The Kier molecular flexibility index (Phi) is 4.39. The topological polar surface area (TPSA) is 49.3 Å².